The number of hydrazone groups is 1. The van der Waals surface area contributed by atoms with Gasteiger partial charge in [-0.2, -0.15) is 5.10 Å². The maximum atomic E-state index is 13.6. The first-order valence-electron chi connectivity index (χ1n) is 10.5. The number of aryl methyl sites for hydroxylation is 2. The molecule has 2 aromatic carbocycles. The van der Waals surface area contributed by atoms with Crippen LogP contribution >= 0.6 is 0 Å². The standard InChI is InChI=1S/C24H20N4O5/c1-13-8-9-17(14(2)11-13)26-23(30)19-18-7-4-10-25-27(18)21(20(19)24(26)31)22(29)15-5-3-6-16(12-15)28(32)33/h3-12,18-21H,1-2H3/t18-,19-,20-,21+/m0/s1. The maximum absolute atomic E-state index is 13.6. The Morgan fingerprint density at radius 3 is 2.55 bits per heavy atom. The molecule has 0 aliphatic carbocycles. The first-order chi connectivity index (χ1) is 15.8. The highest BCUT2D eigenvalue weighted by molar-refractivity contribution is 6.25. The van der Waals surface area contributed by atoms with Gasteiger partial charge in [0, 0.05) is 23.9 Å². The number of ketones is 1. The van der Waals surface area contributed by atoms with Crippen LogP contribution < -0.4 is 4.90 Å². The Bertz CT molecular complexity index is 1280. The number of nitrogens with zero attached hydrogens (tertiary/aromatic N) is 4. The monoisotopic (exact) mass is 444 g/mol. The Kier molecular flexibility index (Phi) is 4.70. The van der Waals surface area contributed by atoms with Gasteiger partial charge in [-0.3, -0.25) is 29.5 Å². The maximum Gasteiger partial charge on any atom is 0.270 e. The van der Waals surface area contributed by atoms with Crippen molar-refractivity contribution in [3.63, 3.8) is 0 Å². The molecule has 0 aromatic heterocycles. The largest absolute Gasteiger partial charge is 0.292 e. The third-order valence-electron chi connectivity index (χ3n) is 6.49. The van der Waals surface area contributed by atoms with E-state index in [0.717, 1.165) is 11.1 Å². The number of non-ortho nitro benzene ring substituents is 1. The highest BCUT2D eigenvalue weighted by atomic mass is 16.6. The van der Waals surface area contributed by atoms with Gasteiger partial charge in [-0.25, -0.2) is 4.90 Å². The molecule has 3 aliphatic rings. The van der Waals surface area contributed by atoms with Crippen molar-refractivity contribution < 1.29 is 19.3 Å². The van der Waals surface area contributed by atoms with E-state index in [-0.39, 0.29) is 17.2 Å². The average molecular weight is 444 g/mol. The second kappa shape index (κ2) is 7.47. The van der Waals surface area contributed by atoms with Crippen LogP contribution in [-0.4, -0.2) is 45.8 Å². The molecule has 2 amide bonds. The Labute approximate surface area is 189 Å². The minimum Gasteiger partial charge on any atom is -0.292 e. The molecule has 0 radical (unpaired) electrons. The summed E-state index contributed by atoms with van der Waals surface area (Å²) in [6.45, 7) is 3.76. The molecule has 166 valence electrons. The number of amides is 2. The predicted molar refractivity (Wildman–Crippen MR) is 120 cm³/mol. The van der Waals surface area contributed by atoms with Crippen LogP contribution in [0.4, 0.5) is 11.4 Å². The topological polar surface area (TPSA) is 113 Å². The first kappa shape index (κ1) is 20.7. The Morgan fingerprint density at radius 1 is 1.06 bits per heavy atom. The normalized spacial score (nSPS) is 25.4. The quantitative estimate of drug-likeness (QED) is 0.310. The summed E-state index contributed by atoms with van der Waals surface area (Å²) in [6.07, 6.45) is 4.96. The second-order valence-electron chi connectivity index (χ2n) is 8.49. The molecule has 3 aliphatic heterocycles. The summed E-state index contributed by atoms with van der Waals surface area (Å²) in [5, 5.41) is 17.0. The molecule has 0 unspecified atom stereocenters. The molecule has 0 spiro atoms. The number of benzene rings is 2. The molecule has 9 nitrogen and oxygen atoms in total. The van der Waals surface area contributed by atoms with Crippen LogP contribution in [0.5, 0.6) is 0 Å². The van der Waals surface area contributed by atoms with Crippen LogP contribution in [0, 0.1) is 35.8 Å². The zero-order valence-electron chi connectivity index (χ0n) is 17.9. The number of rotatable bonds is 4. The van der Waals surface area contributed by atoms with Crippen molar-refractivity contribution in [2.75, 3.05) is 4.90 Å². The summed E-state index contributed by atoms with van der Waals surface area (Å²) in [4.78, 5) is 52.6. The molecular formula is C24H20N4O5. The van der Waals surface area contributed by atoms with Crippen molar-refractivity contribution in [3.8, 4) is 0 Å². The van der Waals surface area contributed by atoms with E-state index in [1.165, 1.54) is 40.4 Å². The SMILES string of the molecule is Cc1ccc(N2C(=O)[C@@H]3[C@H](C2=O)[C@H](C(=O)c2cccc([N+](=O)[O-])c2)N2N=CC=C[C@@H]32)c(C)c1. The molecule has 0 saturated carbocycles. The zero-order valence-corrected chi connectivity index (χ0v) is 17.9. The van der Waals surface area contributed by atoms with Crippen LogP contribution in [0.2, 0.25) is 0 Å². The number of imide groups is 1. The van der Waals surface area contributed by atoms with Gasteiger partial charge >= 0.3 is 0 Å². The van der Waals surface area contributed by atoms with Crippen molar-refractivity contribution in [3.05, 3.63) is 81.4 Å². The second-order valence-corrected chi connectivity index (χ2v) is 8.49. The third kappa shape index (κ3) is 3.07. The summed E-state index contributed by atoms with van der Waals surface area (Å²) in [6, 6.07) is 9.26. The van der Waals surface area contributed by atoms with E-state index in [0.29, 0.717) is 5.69 Å². The fourth-order valence-electron chi connectivity index (χ4n) is 5.07. The molecule has 33 heavy (non-hydrogen) atoms. The van der Waals surface area contributed by atoms with Gasteiger partial charge in [0.1, 0.15) is 6.04 Å². The minimum absolute atomic E-state index is 0.101. The lowest BCUT2D eigenvalue weighted by atomic mass is 9.86. The third-order valence-corrected chi connectivity index (χ3v) is 6.49. The molecule has 9 heteroatoms. The Balaban J connectivity index is 1.59. The number of nitro benzene ring substituents is 1. The molecule has 0 N–H and O–H groups in total. The summed E-state index contributed by atoms with van der Waals surface area (Å²) in [7, 11) is 0. The molecule has 0 bridgehead atoms. The lowest BCUT2D eigenvalue weighted by molar-refractivity contribution is -0.384. The number of carbonyl (C=O) groups excluding carboxylic acids is 3. The van der Waals surface area contributed by atoms with E-state index < -0.39 is 40.5 Å². The van der Waals surface area contributed by atoms with Crippen molar-refractivity contribution in [1.29, 1.82) is 0 Å². The summed E-state index contributed by atoms with van der Waals surface area (Å²) < 4.78 is 0. The van der Waals surface area contributed by atoms with Crippen molar-refractivity contribution >= 4 is 35.2 Å². The Morgan fingerprint density at radius 2 is 1.82 bits per heavy atom. The number of nitro groups is 1. The fraction of sp³-hybridized carbons (Fsp3) is 0.250. The van der Waals surface area contributed by atoms with Crippen LogP contribution in [0.3, 0.4) is 0 Å². The fourth-order valence-corrected chi connectivity index (χ4v) is 5.07. The zero-order chi connectivity index (χ0) is 23.4. The van der Waals surface area contributed by atoms with Gasteiger partial charge < -0.3 is 0 Å². The molecule has 5 rings (SSSR count). The van der Waals surface area contributed by atoms with Crippen molar-refractivity contribution in [2.24, 2.45) is 16.9 Å². The van der Waals surface area contributed by atoms with E-state index in [9.17, 15) is 24.5 Å². The summed E-state index contributed by atoms with van der Waals surface area (Å²) >= 11 is 0. The van der Waals surface area contributed by atoms with E-state index in [1.54, 1.807) is 18.2 Å². The van der Waals surface area contributed by atoms with Crippen LogP contribution in [0.15, 0.2) is 59.7 Å². The van der Waals surface area contributed by atoms with Gasteiger partial charge in [0.05, 0.1) is 28.5 Å². The number of hydrogen-bond donors (Lipinski definition) is 0. The smallest absolute Gasteiger partial charge is 0.270 e. The molecule has 2 fully saturated rings. The molecular weight excluding hydrogens is 424 g/mol. The van der Waals surface area contributed by atoms with Gasteiger partial charge in [-0.05, 0) is 31.6 Å². The molecule has 2 aromatic rings. The van der Waals surface area contributed by atoms with Gasteiger partial charge in [0.25, 0.3) is 5.69 Å². The predicted octanol–water partition coefficient (Wildman–Crippen LogP) is 2.81. The van der Waals surface area contributed by atoms with Crippen molar-refractivity contribution in [2.45, 2.75) is 25.9 Å². The van der Waals surface area contributed by atoms with Crippen LogP contribution in [0.1, 0.15) is 21.5 Å². The number of hydrogen-bond acceptors (Lipinski definition) is 7. The lowest BCUT2D eigenvalue weighted by Gasteiger charge is -2.30. The summed E-state index contributed by atoms with van der Waals surface area (Å²) in [5.74, 6) is -3.04. The average Bonchev–Trinajstić information content (AvgIpc) is 3.27. The molecule has 2 saturated heterocycles. The molecule has 3 heterocycles. The number of Topliss-reactive ketones (excluding diaryl/α,β-unsaturated/α-hetero) is 1. The number of allylic oxidation sites excluding steroid dienone is 1. The van der Waals surface area contributed by atoms with Gasteiger partial charge in [-0.1, -0.05) is 35.9 Å². The van der Waals surface area contributed by atoms with Crippen LogP contribution in [0.25, 0.3) is 0 Å². The van der Waals surface area contributed by atoms with E-state index >= 15 is 0 Å². The van der Waals surface area contributed by atoms with Gasteiger partial charge in [-0.15, -0.1) is 0 Å². The van der Waals surface area contributed by atoms with E-state index in [2.05, 4.69) is 5.10 Å². The first-order valence-corrected chi connectivity index (χ1v) is 10.5. The Hall–Kier alpha value is -4.14. The minimum atomic E-state index is -1.05. The van der Waals surface area contributed by atoms with Crippen LogP contribution in [-0.2, 0) is 9.59 Å². The van der Waals surface area contributed by atoms with E-state index in [4.69, 9.17) is 0 Å². The number of fused-ring (bicyclic) bond motifs is 3. The highest BCUT2D eigenvalue weighted by Crippen LogP contribution is 2.46. The lowest BCUT2D eigenvalue weighted by Crippen LogP contribution is -2.46. The number of anilines is 1. The van der Waals surface area contributed by atoms with Crippen molar-refractivity contribution in [1.82, 2.24) is 5.01 Å². The van der Waals surface area contributed by atoms with E-state index in [1.807, 2.05) is 26.0 Å². The van der Waals surface area contributed by atoms with Gasteiger partial charge in [0.2, 0.25) is 11.8 Å². The molecule has 4 atom stereocenters. The number of carbonyl (C=O) groups is 3. The summed E-state index contributed by atoms with van der Waals surface area (Å²) in [5.41, 5.74) is 2.17. The highest BCUT2D eigenvalue weighted by Gasteiger charge is 2.64. The van der Waals surface area contributed by atoms with Gasteiger partial charge in [0.15, 0.2) is 5.78 Å².